The van der Waals surface area contributed by atoms with Gasteiger partial charge < -0.3 is 10.2 Å². The first-order chi connectivity index (χ1) is 12.0. The molecule has 2 N–H and O–H groups in total. The lowest BCUT2D eigenvalue weighted by atomic mass is 10.1. The number of hydrogen-bond acceptors (Lipinski definition) is 2. The molecular weight excluding hydrogens is 316 g/mol. The van der Waals surface area contributed by atoms with E-state index in [-0.39, 0.29) is 0 Å². The molecule has 0 unspecified atom stereocenters. The fourth-order valence-corrected chi connectivity index (χ4v) is 2.09. The molecule has 0 aromatic carbocycles. The summed E-state index contributed by atoms with van der Waals surface area (Å²) in [6.45, 7) is 5.20. The Morgan fingerprint density at radius 2 is 1.28 bits per heavy atom. The maximum absolute atomic E-state index is 10.3. The molecule has 0 aliphatic heterocycles. The van der Waals surface area contributed by atoms with E-state index in [2.05, 4.69) is 37.8 Å². The van der Waals surface area contributed by atoms with Gasteiger partial charge in [0.15, 0.2) is 0 Å². The molecule has 0 bridgehead atoms. The fourth-order valence-electron chi connectivity index (χ4n) is 2.09. The average Bonchev–Trinajstić information content (AvgIpc) is 2.58. The highest BCUT2D eigenvalue weighted by atomic mass is 16.4. The van der Waals surface area contributed by atoms with Gasteiger partial charge in [-0.2, -0.15) is 0 Å². The van der Waals surface area contributed by atoms with Crippen LogP contribution in [0.15, 0.2) is 37.0 Å². The lowest BCUT2D eigenvalue weighted by Crippen LogP contribution is -1.93. The second-order valence-corrected chi connectivity index (χ2v) is 5.92. The van der Waals surface area contributed by atoms with Gasteiger partial charge in [0.2, 0.25) is 0 Å². The lowest BCUT2D eigenvalue weighted by molar-refractivity contribution is -0.137. The Morgan fingerprint density at radius 3 is 1.76 bits per heavy atom. The molecule has 4 nitrogen and oxygen atoms in total. The molecule has 0 radical (unpaired) electrons. The van der Waals surface area contributed by atoms with Crippen molar-refractivity contribution in [3.8, 4) is 0 Å². The molecule has 25 heavy (non-hydrogen) atoms. The quantitative estimate of drug-likeness (QED) is 0.211. The molecule has 4 heteroatoms. The highest BCUT2D eigenvalue weighted by molar-refractivity contribution is 5.78. The molecule has 0 aromatic heterocycles. The van der Waals surface area contributed by atoms with Crippen molar-refractivity contribution in [3.63, 3.8) is 0 Å². The van der Waals surface area contributed by atoms with E-state index in [9.17, 15) is 9.59 Å². The van der Waals surface area contributed by atoms with E-state index >= 15 is 0 Å². The van der Waals surface area contributed by atoms with E-state index in [0.717, 1.165) is 31.8 Å². The maximum Gasteiger partial charge on any atom is 0.327 e. The first-order valence-corrected chi connectivity index (χ1v) is 9.41. The zero-order valence-corrected chi connectivity index (χ0v) is 15.8. The van der Waals surface area contributed by atoms with Crippen molar-refractivity contribution in [1.29, 1.82) is 0 Å². The van der Waals surface area contributed by atoms with Crippen LogP contribution in [0.1, 0.15) is 84.0 Å². The smallest absolute Gasteiger partial charge is 0.327 e. The zero-order valence-electron chi connectivity index (χ0n) is 15.8. The molecule has 0 aliphatic carbocycles. The zero-order chi connectivity index (χ0) is 19.2. The van der Waals surface area contributed by atoms with Crippen LogP contribution in [0.3, 0.4) is 0 Å². The van der Waals surface area contributed by atoms with Crippen LogP contribution in [-0.2, 0) is 9.59 Å². The Balaban J connectivity index is 0. The van der Waals surface area contributed by atoms with Crippen LogP contribution in [0.4, 0.5) is 0 Å². The van der Waals surface area contributed by atoms with Crippen molar-refractivity contribution in [3.05, 3.63) is 37.0 Å². The van der Waals surface area contributed by atoms with Gasteiger partial charge in [-0.1, -0.05) is 69.9 Å². The molecular formula is C21H36O4. The minimum atomic E-state index is -0.981. The first-order valence-electron chi connectivity index (χ1n) is 9.41. The number of allylic oxidation sites excluding steroid dienone is 4. The van der Waals surface area contributed by atoms with Crippen molar-refractivity contribution >= 4 is 11.9 Å². The minimum absolute atomic E-state index is 0.324. The molecule has 0 atom stereocenters. The summed E-state index contributed by atoms with van der Waals surface area (Å²) in [6, 6.07) is 0. The monoisotopic (exact) mass is 352 g/mol. The van der Waals surface area contributed by atoms with Crippen molar-refractivity contribution in [1.82, 2.24) is 0 Å². The van der Waals surface area contributed by atoms with Gasteiger partial charge >= 0.3 is 11.9 Å². The van der Waals surface area contributed by atoms with Crippen molar-refractivity contribution in [2.75, 3.05) is 0 Å². The van der Waals surface area contributed by atoms with Gasteiger partial charge in [-0.05, 0) is 38.5 Å². The Bertz CT molecular complexity index is 383. The summed E-state index contributed by atoms with van der Waals surface area (Å²) >= 11 is 0. The topological polar surface area (TPSA) is 74.6 Å². The van der Waals surface area contributed by atoms with Crippen LogP contribution in [-0.4, -0.2) is 22.2 Å². The largest absolute Gasteiger partial charge is 0.481 e. The minimum Gasteiger partial charge on any atom is -0.481 e. The summed E-state index contributed by atoms with van der Waals surface area (Å²) in [4.78, 5) is 19.6. The Hall–Kier alpha value is -1.84. The molecule has 0 saturated heterocycles. The van der Waals surface area contributed by atoms with Crippen LogP contribution in [0.5, 0.6) is 0 Å². The third-order valence-corrected chi connectivity index (χ3v) is 3.52. The predicted molar refractivity (Wildman–Crippen MR) is 105 cm³/mol. The molecule has 0 aromatic rings. The Kier molecular flexibility index (Phi) is 22.5. The van der Waals surface area contributed by atoms with Gasteiger partial charge in [0, 0.05) is 12.5 Å². The van der Waals surface area contributed by atoms with Gasteiger partial charge in [-0.3, -0.25) is 4.79 Å². The maximum atomic E-state index is 10.3. The highest BCUT2D eigenvalue weighted by Crippen LogP contribution is 2.08. The summed E-state index contributed by atoms with van der Waals surface area (Å²) < 4.78 is 0. The fraction of sp³-hybridized carbons (Fsp3) is 0.619. The van der Waals surface area contributed by atoms with Gasteiger partial charge in [0.25, 0.3) is 0 Å². The molecule has 0 rings (SSSR count). The van der Waals surface area contributed by atoms with E-state index in [4.69, 9.17) is 10.2 Å². The Morgan fingerprint density at radius 1 is 0.800 bits per heavy atom. The molecule has 0 saturated carbocycles. The number of aliphatic carboxylic acids is 2. The van der Waals surface area contributed by atoms with Crippen LogP contribution >= 0.6 is 0 Å². The lowest BCUT2D eigenvalue weighted by Gasteiger charge is -1.98. The number of hydrogen-bond donors (Lipinski definition) is 2. The van der Waals surface area contributed by atoms with Gasteiger partial charge in [0.1, 0.15) is 0 Å². The molecule has 0 spiro atoms. The highest BCUT2D eigenvalue weighted by Gasteiger charge is 1.95. The average molecular weight is 353 g/mol. The molecule has 0 fully saturated rings. The number of rotatable bonds is 15. The summed E-state index contributed by atoms with van der Waals surface area (Å²) in [5.74, 6) is -1.65. The standard InChI is InChI=1S/C18H32O2.C3H4O2/c1-2-3-4-5-6-7-8-9-10-11-12-13-14-15-16-17-18(19)20;1-2-3(4)5/h6-7,9-10H,2-5,8,11-17H2,1H3,(H,19,20);2H,1H2,(H,4,5)/b7-6-,10-9-;. The van der Waals surface area contributed by atoms with Crippen LogP contribution in [0, 0.1) is 0 Å². The van der Waals surface area contributed by atoms with Crippen LogP contribution < -0.4 is 0 Å². The number of carboxylic acids is 2. The molecule has 0 heterocycles. The van der Waals surface area contributed by atoms with E-state index in [1.54, 1.807) is 0 Å². The first kappa shape index (κ1) is 25.4. The van der Waals surface area contributed by atoms with E-state index < -0.39 is 11.9 Å². The second kappa shape index (κ2) is 22.2. The van der Waals surface area contributed by atoms with Crippen LogP contribution in [0.25, 0.3) is 0 Å². The van der Waals surface area contributed by atoms with Crippen LogP contribution in [0.2, 0.25) is 0 Å². The summed E-state index contributed by atoms with van der Waals surface area (Å²) in [5.41, 5.74) is 0. The van der Waals surface area contributed by atoms with E-state index in [0.29, 0.717) is 6.42 Å². The number of unbranched alkanes of at least 4 members (excludes halogenated alkanes) is 8. The SMILES string of the molecule is C=CC(=O)O.CCCCC/C=C\C/C=C\CCCCCCCC(=O)O. The van der Waals surface area contributed by atoms with Crippen molar-refractivity contribution in [2.24, 2.45) is 0 Å². The van der Waals surface area contributed by atoms with E-state index in [1.807, 2.05) is 0 Å². The van der Waals surface area contributed by atoms with Gasteiger partial charge in [-0.15, -0.1) is 0 Å². The van der Waals surface area contributed by atoms with Gasteiger partial charge in [-0.25, -0.2) is 4.79 Å². The van der Waals surface area contributed by atoms with Crippen molar-refractivity contribution in [2.45, 2.75) is 84.0 Å². The summed E-state index contributed by atoms with van der Waals surface area (Å²) in [7, 11) is 0. The molecule has 144 valence electrons. The van der Waals surface area contributed by atoms with E-state index in [1.165, 1.54) is 44.9 Å². The predicted octanol–water partition coefficient (Wildman–Crippen LogP) is 6.14. The number of carboxylic acid groups (broad SMARTS) is 2. The van der Waals surface area contributed by atoms with Gasteiger partial charge in [0.05, 0.1) is 0 Å². The summed E-state index contributed by atoms with van der Waals surface area (Å²) in [6.07, 6.45) is 23.1. The van der Waals surface area contributed by atoms with Crippen molar-refractivity contribution < 1.29 is 19.8 Å². The normalized spacial score (nSPS) is 10.6. The summed E-state index contributed by atoms with van der Waals surface area (Å²) in [5, 5.41) is 16.1. The third kappa shape index (κ3) is 30.6. The second-order valence-electron chi connectivity index (χ2n) is 5.92. The molecule has 0 amide bonds. The molecule has 0 aliphatic rings. The number of carbonyl (C=O) groups is 2. The Labute approximate surface area is 153 Å². The third-order valence-electron chi connectivity index (χ3n) is 3.52.